The number of methoxy groups -OCH3 is 1. The van der Waals surface area contributed by atoms with E-state index in [9.17, 15) is 0 Å². The number of ether oxygens (including phenoxy) is 1. The zero-order valence-corrected chi connectivity index (χ0v) is 13.1. The molecule has 0 aliphatic carbocycles. The maximum atomic E-state index is 5.65. The van der Waals surface area contributed by atoms with Crippen LogP contribution in [0.3, 0.4) is 0 Å². The SMILES string of the molecule is COc1ccc(CC(Cc2ccc(Br)s2)NN)cc1. The van der Waals surface area contributed by atoms with E-state index in [0.29, 0.717) is 0 Å². The summed E-state index contributed by atoms with van der Waals surface area (Å²) in [5.41, 5.74) is 4.15. The van der Waals surface area contributed by atoms with Gasteiger partial charge in [0.15, 0.2) is 0 Å². The van der Waals surface area contributed by atoms with Gasteiger partial charge >= 0.3 is 0 Å². The van der Waals surface area contributed by atoms with Crippen LogP contribution in [-0.4, -0.2) is 13.2 Å². The van der Waals surface area contributed by atoms with Gasteiger partial charge in [-0.2, -0.15) is 0 Å². The first-order valence-electron chi connectivity index (χ1n) is 6.04. The normalized spacial score (nSPS) is 12.4. The molecular formula is C14H17BrN2OS. The van der Waals surface area contributed by atoms with E-state index in [1.54, 1.807) is 18.4 Å². The molecule has 1 heterocycles. The van der Waals surface area contributed by atoms with Crippen molar-refractivity contribution in [2.75, 3.05) is 7.11 Å². The highest BCUT2D eigenvalue weighted by Crippen LogP contribution is 2.23. The topological polar surface area (TPSA) is 47.3 Å². The summed E-state index contributed by atoms with van der Waals surface area (Å²) in [6, 6.07) is 12.5. The average Bonchev–Trinajstić information content (AvgIpc) is 2.84. The quantitative estimate of drug-likeness (QED) is 0.627. The Morgan fingerprint density at radius 1 is 1.21 bits per heavy atom. The van der Waals surface area contributed by atoms with Crippen LogP contribution in [0.5, 0.6) is 5.75 Å². The first-order chi connectivity index (χ1) is 9.21. The summed E-state index contributed by atoms with van der Waals surface area (Å²) >= 11 is 5.23. The van der Waals surface area contributed by atoms with Crippen LogP contribution in [-0.2, 0) is 12.8 Å². The van der Waals surface area contributed by atoms with Crippen molar-refractivity contribution in [1.29, 1.82) is 0 Å². The van der Waals surface area contributed by atoms with Crippen LogP contribution in [0.1, 0.15) is 10.4 Å². The predicted octanol–water partition coefficient (Wildman–Crippen LogP) is 3.14. The Bertz CT molecular complexity index is 512. The molecule has 0 spiro atoms. The summed E-state index contributed by atoms with van der Waals surface area (Å²) in [5.74, 6) is 6.53. The number of thiophene rings is 1. The molecule has 0 bridgehead atoms. The number of halogens is 1. The third kappa shape index (κ3) is 4.31. The van der Waals surface area contributed by atoms with Gasteiger partial charge in [0.25, 0.3) is 0 Å². The summed E-state index contributed by atoms with van der Waals surface area (Å²) in [5, 5.41) is 0. The highest BCUT2D eigenvalue weighted by molar-refractivity contribution is 9.11. The van der Waals surface area contributed by atoms with Crippen LogP contribution < -0.4 is 16.0 Å². The third-order valence-corrected chi connectivity index (χ3v) is 4.60. The van der Waals surface area contributed by atoms with Crippen molar-refractivity contribution in [2.24, 2.45) is 5.84 Å². The van der Waals surface area contributed by atoms with Gasteiger partial charge in [-0.1, -0.05) is 12.1 Å². The second kappa shape index (κ2) is 7.05. The first-order valence-corrected chi connectivity index (χ1v) is 7.65. The van der Waals surface area contributed by atoms with E-state index in [1.165, 1.54) is 10.4 Å². The van der Waals surface area contributed by atoms with Crippen LogP contribution >= 0.6 is 27.3 Å². The molecule has 3 N–H and O–H groups in total. The van der Waals surface area contributed by atoms with E-state index < -0.39 is 0 Å². The molecule has 1 atom stereocenters. The molecule has 19 heavy (non-hydrogen) atoms. The Hall–Kier alpha value is -0.880. The molecule has 102 valence electrons. The number of hydrazine groups is 1. The van der Waals surface area contributed by atoms with Crippen molar-refractivity contribution in [1.82, 2.24) is 5.43 Å². The van der Waals surface area contributed by atoms with Crippen LogP contribution in [0.2, 0.25) is 0 Å². The minimum absolute atomic E-state index is 0.235. The first kappa shape index (κ1) is 14.5. The monoisotopic (exact) mass is 340 g/mol. The maximum Gasteiger partial charge on any atom is 0.118 e. The second-order valence-electron chi connectivity index (χ2n) is 4.33. The fraction of sp³-hybridized carbons (Fsp3) is 0.286. The van der Waals surface area contributed by atoms with Gasteiger partial charge in [-0.25, -0.2) is 0 Å². The summed E-state index contributed by atoms with van der Waals surface area (Å²) in [6.45, 7) is 0. The Balaban J connectivity index is 1.97. The summed E-state index contributed by atoms with van der Waals surface area (Å²) in [7, 11) is 1.67. The molecule has 1 aromatic heterocycles. The van der Waals surface area contributed by atoms with E-state index in [2.05, 4.69) is 45.6 Å². The van der Waals surface area contributed by atoms with Crippen LogP contribution in [0.25, 0.3) is 0 Å². The molecule has 0 aliphatic rings. The molecule has 1 unspecified atom stereocenters. The number of nitrogens with one attached hydrogen (secondary N) is 1. The fourth-order valence-electron chi connectivity index (χ4n) is 1.94. The van der Waals surface area contributed by atoms with Crippen molar-refractivity contribution in [3.63, 3.8) is 0 Å². The zero-order valence-electron chi connectivity index (χ0n) is 10.7. The van der Waals surface area contributed by atoms with E-state index in [-0.39, 0.29) is 6.04 Å². The molecule has 2 aromatic rings. The number of rotatable bonds is 6. The summed E-state index contributed by atoms with van der Waals surface area (Å²) in [6.07, 6.45) is 1.83. The highest BCUT2D eigenvalue weighted by Gasteiger charge is 2.10. The number of hydrogen-bond donors (Lipinski definition) is 2. The van der Waals surface area contributed by atoms with Crippen LogP contribution in [0, 0.1) is 0 Å². The van der Waals surface area contributed by atoms with Gasteiger partial charge in [-0.15, -0.1) is 11.3 Å². The van der Waals surface area contributed by atoms with E-state index in [4.69, 9.17) is 10.6 Å². The fourth-order valence-corrected chi connectivity index (χ4v) is 3.50. The third-order valence-electron chi connectivity index (χ3n) is 2.95. The molecule has 0 fully saturated rings. The minimum Gasteiger partial charge on any atom is -0.497 e. The molecule has 0 amide bonds. The molecule has 5 heteroatoms. The molecule has 0 radical (unpaired) electrons. The van der Waals surface area contributed by atoms with Crippen molar-refractivity contribution < 1.29 is 4.74 Å². The lowest BCUT2D eigenvalue weighted by Gasteiger charge is -2.15. The number of nitrogens with two attached hydrogens (primary N) is 1. The Morgan fingerprint density at radius 3 is 2.47 bits per heavy atom. The molecule has 3 nitrogen and oxygen atoms in total. The van der Waals surface area contributed by atoms with Gasteiger partial charge < -0.3 is 4.74 Å². The van der Waals surface area contributed by atoms with Gasteiger partial charge in [-0.3, -0.25) is 11.3 Å². The molecule has 0 saturated heterocycles. The van der Waals surface area contributed by atoms with E-state index in [0.717, 1.165) is 22.4 Å². The van der Waals surface area contributed by atoms with Gasteiger partial charge in [0, 0.05) is 10.9 Å². The largest absolute Gasteiger partial charge is 0.497 e. The standard InChI is InChI=1S/C14H17BrN2OS/c1-18-12-4-2-10(3-5-12)8-11(17-16)9-13-6-7-14(15)19-13/h2-7,11,17H,8-9,16H2,1H3. The molecule has 0 saturated carbocycles. The van der Waals surface area contributed by atoms with Crippen molar-refractivity contribution in [3.8, 4) is 5.75 Å². The van der Waals surface area contributed by atoms with Gasteiger partial charge in [0.05, 0.1) is 10.9 Å². The smallest absolute Gasteiger partial charge is 0.118 e. The average molecular weight is 341 g/mol. The highest BCUT2D eigenvalue weighted by atomic mass is 79.9. The van der Waals surface area contributed by atoms with Crippen molar-refractivity contribution in [2.45, 2.75) is 18.9 Å². The van der Waals surface area contributed by atoms with Crippen LogP contribution in [0.4, 0.5) is 0 Å². The molecule has 2 rings (SSSR count). The van der Waals surface area contributed by atoms with Crippen molar-refractivity contribution in [3.05, 3.63) is 50.6 Å². The number of benzene rings is 1. The number of hydrogen-bond acceptors (Lipinski definition) is 4. The molecule has 0 aliphatic heterocycles. The Kier molecular flexibility index (Phi) is 5.39. The zero-order chi connectivity index (χ0) is 13.7. The van der Waals surface area contributed by atoms with Gasteiger partial charge in [-0.05, 0) is 58.6 Å². The second-order valence-corrected chi connectivity index (χ2v) is 6.87. The lowest BCUT2D eigenvalue weighted by molar-refractivity contribution is 0.414. The van der Waals surface area contributed by atoms with Gasteiger partial charge in [0.1, 0.15) is 5.75 Å². The Morgan fingerprint density at radius 2 is 1.95 bits per heavy atom. The van der Waals surface area contributed by atoms with E-state index in [1.807, 2.05) is 12.1 Å². The van der Waals surface area contributed by atoms with Crippen molar-refractivity contribution >= 4 is 27.3 Å². The maximum absolute atomic E-state index is 5.65. The Labute approximate surface area is 125 Å². The van der Waals surface area contributed by atoms with Gasteiger partial charge in [0.2, 0.25) is 0 Å². The lowest BCUT2D eigenvalue weighted by atomic mass is 10.0. The van der Waals surface area contributed by atoms with E-state index >= 15 is 0 Å². The minimum atomic E-state index is 0.235. The lowest BCUT2D eigenvalue weighted by Crippen LogP contribution is -2.38. The summed E-state index contributed by atoms with van der Waals surface area (Å²) < 4.78 is 6.31. The predicted molar refractivity (Wildman–Crippen MR) is 83.5 cm³/mol. The molecular weight excluding hydrogens is 324 g/mol. The van der Waals surface area contributed by atoms with Crippen LogP contribution in [0.15, 0.2) is 40.2 Å². The summed E-state index contributed by atoms with van der Waals surface area (Å²) in [4.78, 5) is 1.32. The molecule has 1 aromatic carbocycles.